The lowest BCUT2D eigenvalue weighted by Gasteiger charge is -2.06. The van der Waals surface area contributed by atoms with Crippen LogP contribution in [-0.4, -0.2) is 9.97 Å². The van der Waals surface area contributed by atoms with E-state index in [1.165, 1.54) is 0 Å². The molecule has 1 aromatic rings. The number of aromatic nitrogens is 1. The second kappa shape index (κ2) is 2.04. The van der Waals surface area contributed by atoms with Crippen molar-refractivity contribution in [1.29, 1.82) is 0 Å². The fourth-order valence-corrected chi connectivity index (χ4v) is 1.44. The maximum absolute atomic E-state index is 5.56. The number of hydrogen-bond acceptors (Lipinski definition) is 3. The number of oxazole rings is 1. The van der Waals surface area contributed by atoms with Gasteiger partial charge in [-0.15, -0.1) is 0 Å². The van der Waals surface area contributed by atoms with Crippen LogP contribution in [0.15, 0.2) is 16.9 Å². The highest BCUT2D eigenvalue weighted by Crippen LogP contribution is 2.47. The summed E-state index contributed by atoms with van der Waals surface area (Å²) in [5.74, 6) is 0.671. The van der Waals surface area contributed by atoms with Gasteiger partial charge in [0.05, 0.1) is 16.6 Å². The van der Waals surface area contributed by atoms with Crippen molar-refractivity contribution in [2.24, 2.45) is 5.73 Å². The Labute approximate surface area is 69.6 Å². The Kier molecular flexibility index (Phi) is 1.26. The molecule has 0 aromatic carbocycles. The third-order valence-electron chi connectivity index (χ3n) is 2.06. The normalized spacial score (nSPS) is 19.6. The summed E-state index contributed by atoms with van der Waals surface area (Å²) in [5.41, 5.74) is 5.36. The number of thiocarbonyl (C=S) groups is 1. The van der Waals surface area contributed by atoms with Gasteiger partial charge in [0.1, 0.15) is 6.26 Å². The summed E-state index contributed by atoms with van der Waals surface area (Å²) in [7, 11) is 0. The smallest absolute Gasteiger partial charge is 0.206 e. The third-order valence-corrected chi connectivity index (χ3v) is 2.45. The number of hydrogen-bond donors (Lipinski definition) is 1. The Morgan fingerprint density at radius 2 is 2.45 bits per heavy atom. The fraction of sp³-hybridized carbons (Fsp3) is 0.429. The van der Waals surface area contributed by atoms with Crippen molar-refractivity contribution < 1.29 is 4.42 Å². The molecular formula is C7H8N2OS. The van der Waals surface area contributed by atoms with Crippen LogP contribution < -0.4 is 5.73 Å². The standard InChI is InChI=1S/C7H8N2OS/c8-5(11)7(1-2-7)6-9-3-4-10-6/h3-4H,1-2H2,(H2,8,11). The molecule has 11 heavy (non-hydrogen) atoms. The molecule has 1 aliphatic carbocycles. The first-order valence-electron chi connectivity index (χ1n) is 3.45. The second-order valence-electron chi connectivity index (χ2n) is 2.78. The van der Waals surface area contributed by atoms with Crippen LogP contribution in [0.5, 0.6) is 0 Å². The van der Waals surface area contributed by atoms with Crippen LogP contribution in [0.4, 0.5) is 0 Å². The van der Waals surface area contributed by atoms with Gasteiger partial charge in [-0.1, -0.05) is 12.2 Å². The number of nitrogens with zero attached hydrogens (tertiary/aromatic N) is 1. The van der Waals surface area contributed by atoms with E-state index in [0.717, 1.165) is 12.8 Å². The summed E-state index contributed by atoms with van der Waals surface area (Å²) in [6.45, 7) is 0. The number of rotatable bonds is 2. The molecule has 1 saturated carbocycles. The second-order valence-corrected chi connectivity index (χ2v) is 3.22. The molecule has 1 fully saturated rings. The van der Waals surface area contributed by atoms with Gasteiger partial charge < -0.3 is 10.2 Å². The lowest BCUT2D eigenvalue weighted by Crippen LogP contribution is -2.26. The average molecular weight is 168 g/mol. The van der Waals surface area contributed by atoms with Crippen molar-refractivity contribution in [3.63, 3.8) is 0 Å². The van der Waals surface area contributed by atoms with Gasteiger partial charge >= 0.3 is 0 Å². The summed E-state index contributed by atoms with van der Waals surface area (Å²) in [5, 5.41) is 0. The molecule has 1 aliphatic rings. The maximum atomic E-state index is 5.56. The first kappa shape index (κ1) is 6.79. The molecule has 0 unspecified atom stereocenters. The van der Waals surface area contributed by atoms with E-state index >= 15 is 0 Å². The lowest BCUT2D eigenvalue weighted by molar-refractivity contribution is 0.477. The quantitative estimate of drug-likeness (QED) is 0.669. The molecule has 2 N–H and O–H groups in total. The van der Waals surface area contributed by atoms with Crippen molar-refractivity contribution >= 4 is 17.2 Å². The molecule has 58 valence electrons. The average Bonchev–Trinajstić information content (AvgIpc) is 2.61. The lowest BCUT2D eigenvalue weighted by atomic mass is 10.1. The molecule has 4 heteroatoms. The van der Waals surface area contributed by atoms with Crippen LogP contribution in [0.2, 0.25) is 0 Å². The molecule has 1 heterocycles. The minimum absolute atomic E-state index is 0.196. The molecule has 0 radical (unpaired) electrons. The summed E-state index contributed by atoms with van der Waals surface area (Å²) in [6, 6.07) is 0. The molecule has 0 bridgehead atoms. The molecule has 0 amide bonds. The Bertz CT molecular complexity index is 277. The van der Waals surface area contributed by atoms with Crippen LogP contribution in [0.1, 0.15) is 18.7 Å². The predicted octanol–water partition coefficient (Wildman–Crippen LogP) is 0.992. The van der Waals surface area contributed by atoms with E-state index in [0.29, 0.717) is 10.9 Å². The summed E-state index contributed by atoms with van der Waals surface area (Å²) < 4.78 is 5.14. The van der Waals surface area contributed by atoms with Gasteiger partial charge in [0, 0.05) is 0 Å². The first-order chi connectivity index (χ1) is 5.26. The van der Waals surface area contributed by atoms with Crippen LogP contribution in [0, 0.1) is 0 Å². The molecule has 2 rings (SSSR count). The Balaban J connectivity index is 2.36. The van der Waals surface area contributed by atoms with Crippen LogP contribution in [-0.2, 0) is 5.41 Å². The van der Waals surface area contributed by atoms with E-state index in [1.54, 1.807) is 12.5 Å². The molecule has 1 aromatic heterocycles. The van der Waals surface area contributed by atoms with Gasteiger partial charge in [0.2, 0.25) is 5.89 Å². The van der Waals surface area contributed by atoms with Crippen molar-refractivity contribution in [2.45, 2.75) is 18.3 Å². The number of nitrogens with two attached hydrogens (primary N) is 1. The summed E-state index contributed by atoms with van der Waals surface area (Å²) >= 11 is 4.92. The van der Waals surface area contributed by atoms with E-state index in [-0.39, 0.29) is 5.41 Å². The SMILES string of the molecule is NC(=S)C1(c2ncco2)CC1. The van der Waals surface area contributed by atoms with Crippen molar-refractivity contribution in [3.05, 3.63) is 18.4 Å². The van der Waals surface area contributed by atoms with Gasteiger partial charge in [-0.2, -0.15) is 0 Å². The van der Waals surface area contributed by atoms with Gasteiger partial charge in [-0.05, 0) is 12.8 Å². The van der Waals surface area contributed by atoms with Crippen LogP contribution in [0.25, 0.3) is 0 Å². The van der Waals surface area contributed by atoms with E-state index < -0.39 is 0 Å². The monoisotopic (exact) mass is 168 g/mol. The first-order valence-corrected chi connectivity index (χ1v) is 3.86. The van der Waals surface area contributed by atoms with E-state index in [9.17, 15) is 0 Å². The highest BCUT2D eigenvalue weighted by atomic mass is 32.1. The summed E-state index contributed by atoms with van der Waals surface area (Å²) in [4.78, 5) is 4.54. The predicted molar refractivity (Wildman–Crippen MR) is 44.2 cm³/mol. The van der Waals surface area contributed by atoms with Crippen LogP contribution in [0.3, 0.4) is 0 Å². The molecule has 0 spiro atoms. The Morgan fingerprint density at radius 1 is 1.73 bits per heavy atom. The van der Waals surface area contributed by atoms with Crippen molar-refractivity contribution in [2.75, 3.05) is 0 Å². The highest BCUT2D eigenvalue weighted by Gasteiger charge is 2.51. The van der Waals surface area contributed by atoms with E-state index in [4.69, 9.17) is 22.4 Å². The summed E-state index contributed by atoms with van der Waals surface area (Å²) in [6.07, 6.45) is 5.12. The molecule has 0 aliphatic heterocycles. The van der Waals surface area contributed by atoms with Gasteiger partial charge in [0.15, 0.2) is 0 Å². The van der Waals surface area contributed by atoms with Gasteiger partial charge in [0.25, 0.3) is 0 Å². The molecule has 3 nitrogen and oxygen atoms in total. The Hall–Kier alpha value is -0.900. The van der Waals surface area contributed by atoms with E-state index in [2.05, 4.69) is 4.98 Å². The minimum atomic E-state index is -0.196. The Morgan fingerprint density at radius 3 is 2.82 bits per heavy atom. The minimum Gasteiger partial charge on any atom is -0.448 e. The third kappa shape index (κ3) is 0.860. The zero-order valence-electron chi connectivity index (χ0n) is 5.91. The molecule has 0 atom stereocenters. The zero-order valence-corrected chi connectivity index (χ0v) is 6.73. The van der Waals surface area contributed by atoms with Crippen molar-refractivity contribution in [1.82, 2.24) is 4.98 Å². The topological polar surface area (TPSA) is 52.0 Å². The zero-order chi connectivity index (χ0) is 7.90. The molecule has 0 saturated heterocycles. The van der Waals surface area contributed by atoms with Crippen molar-refractivity contribution in [3.8, 4) is 0 Å². The van der Waals surface area contributed by atoms with Gasteiger partial charge in [-0.3, -0.25) is 0 Å². The fourth-order valence-electron chi connectivity index (χ4n) is 1.15. The van der Waals surface area contributed by atoms with E-state index in [1.807, 2.05) is 0 Å². The van der Waals surface area contributed by atoms with Crippen LogP contribution >= 0.6 is 12.2 Å². The van der Waals surface area contributed by atoms with Gasteiger partial charge in [-0.25, -0.2) is 4.98 Å². The highest BCUT2D eigenvalue weighted by molar-refractivity contribution is 7.80. The largest absolute Gasteiger partial charge is 0.448 e. The maximum Gasteiger partial charge on any atom is 0.206 e. The molecular weight excluding hydrogens is 160 g/mol.